The van der Waals surface area contributed by atoms with Crippen molar-refractivity contribution in [1.29, 1.82) is 0 Å². The van der Waals surface area contributed by atoms with E-state index in [-0.39, 0.29) is 0 Å². The second-order valence-electron chi connectivity index (χ2n) is 3.16. The predicted octanol–water partition coefficient (Wildman–Crippen LogP) is 1.07. The van der Waals surface area contributed by atoms with E-state index in [1.807, 2.05) is 0 Å². The molecule has 0 aliphatic carbocycles. The number of rotatable bonds is 1. The molecule has 1 aliphatic heterocycles. The van der Waals surface area contributed by atoms with Crippen LogP contribution in [0.4, 0.5) is 5.88 Å². The van der Waals surface area contributed by atoms with Gasteiger partial charge in [-0.3, -0.25) is 0 Å². The Balaban J connectivity index is 2.08. The molecule has 1 aromatic heterocycles. The first-order chi connectivity index (χ1) is 5.86. The van der Waals surface area contributed by atoms with Gasteiger partial charge >= 0.3 is 0 Å². The van der Waals surface area contributed by atoms with Crippen LogP contribution in [0.25, 0.3) is 0 Å². The van der Waals surface area contributed by atoms with E-state index in [0.29, 0.717) is 11.9 Å². The van der Waals surface area contributed by atoms with Crippen LogP contribution >= 0.6 is 0 Å². The number of nitrogens with one attached hydrogen (secondary N) is 1. The zero-order valence-corrected chi connectivity index (χ0v) is 6.92. The van der Waals surface area contributed by atoms with Gasteiger partial charge in [-0.25, -0.2) is 0 Å². The van der Waals surface area contributed by atoms with E-state index in [0.717, 1.165) is 18.7 Å². The Morgan fingerprint density at radius 1 is 1.58 bits per heavy atom. The number of hydrogen-bond donors (Lipinski definition) is 2. The summed E-state index contributed by atoms with van der Waals surface area (Å²) in [6.45, 7) is 1.07. The molecule has 12 heavy (non-hydrogen) atoms. The highest BCUT2D eigenvalue weighted by Crippen LogP contribution is 2.22. The van der Waals surface area contributed by atoms with E-state index in [9.17, 15) is 0 Å². The molecule has 0 saturated carbocycles. The van der Waals surface area contributed by atoms with Gasteiger partial charge in [0.25, 0.3) is 0 Å². The van der Waals surface area contributed by atoms with Crippen molar-refractivity contribution in [2.75, 3.05) is 12.3 Å². The molecule has 4 heteroatoms. The normalized spacial score (nSPS) is 24.2. The second-order valence-corrected chi connectivity index (χ2v) is 3.16. The number of anilines is 1. The molecule has 1 aliphatic rings. The first-order valence-electron chi connectivity index (χ1n) is 4.32. The Morgan fingerprint density at radius 3 is 3.08 bits per heavy atom. The van der Waals surface area contributed by atoms with Crippen molar-refractivity contribution in [2.24, 2.45) is 0 Å². The van der Waals surface area contributed by atoms with E-state index in [1.165, 1.54) is 12.8 Å². The summed E-state index contributed by atoms with van der Waals surface area (Å²) in [5.41, 5.74) is 6.37. The van der Waals surface area contributed by atoms with Crippen LogP contribution in [0.15, 0.2) is 10.6 Å². The van der Waals surface area contributed by atoms with E-state index < -0.39 is 0 Å². The van der Waals surface area contributed by atoms with Crippen molar-refractivity contribution >= 4 is 5.88 Å². The minimum atomic E-state index is 0.347. The molecule has 4 nitrogen and oxygen atoms in total. The lowest BCUT2D eigenvalue weighted by molar-refractivity contribution is 0.369. The molecule has 0 spiro atoms. The van der Waals surface area contributed by atoms with Crippen LogP contribution in [0.5, 0.6) is 0 Å². The van der Waals surface area contributed by atoms with Crippen LogP contribution in [-0.2, 0) is 0 Å². The summed E-state index contributed by atoms with van der Waals surface area (Å²) in [5.74, 6) is 0.400. The van der Waals surface area contributed by atoms with Crippen molar-refractivity contribution in [1.82, 2.24) is 10.5 Å². The Hall–Kier alpha value is -1.03. The summed E-state index contributed by atoms with van der Waals surface area (Å²) in [5, 5.41) is 7.25. The molecule has 0 aromatic carbocycles. The van der Waals surface area contributed by atoms with Crippen LogP contribution in [0.1, 0.15) is 31.0 Å². The third kappa shape index (κ3) is 1.43. The van der Waals surface area contributed by atoms with E-state index in [4.69, 9.17) is 10.3 Å². The standard InChI is InChI=1S/C8H13N3O/c9-8-5-7(11-12-8)6-3-1-2-4-10-6/h5-6,10H,1-4,9H2. The molecule has 1 atom stereocenters. The SMILES string of the molecule is Nc1cc(C2CCCCN2)no1. The summed E-state index contributed by atoms with van der Waals surface area (Å²) in [7, 11) is 0. The quantitative estimate of drug-likeness (QED) is 0.656. The summed E-state index contributed by atoms with van der Waals surface area (Å²) in [4.78, 5) is 0. The van der Waals surface area contributed by atoms with Crippen molar-refractivity contribution in [3.8, 4) is 0 Å². The van der Waals surface area contributed by atoms with Gasteiger partial charge in [0.05, 0.1) is 6.04 Å². The highest BCUT2D eigenvalue weighted by atomic mass is 16.5. The maximum absolute atomic E-state index is 5.43. The van der Waals surface area contributed by atoms with Gasteiger partial charge in [0, 0.05) is 6.07 Å². The predicted molar refractivity (Wildman–Crippen MR) is 45.5 cm³/mol. The third-order valence-electron chi connectivity index (χ3n) is 2.21. The van der Waals surface area contributed by atoms with Gasteiger partial charge in [0.2, 0.25) is 5.88 Å². The zero-order valence-electron chi connectivity index (χ0n) is 6.92. The van der Waals surface area contributed by atoms with Crippen molar-refractivity contribution in [3.05, 3.63) is 11.8 Å². The van der Waals surface area contributed by atoms with E-state index >= 15 is 0 Å². The first kappa shape index (κ1) is 7.61. The van der Waals surface area contributed by atoms with Gasteiger partial charge < -0.3 is 15.6 Å². The molecule has 2 heterocycles. The topological polar surface area (TPSA) is 64.1 Å². The molecule has 1 unspecified atom stereocenters. The van der Waals surface area contributed by atoms with Gasteiger partial charge in [0.1, 0.15) is 5.69 Å². The van der Waals surface area contributed by atoms with Crippen LogP contribution < -0.4 is 11.1 Å². The summed E-state index contributed by atoms with van der Waals surface area (Å²) < 4.78 is 4.81. The van der Waals surface area contributed by atoms with Gasteiger partial charge in [-0.15, -0.1) is 0 Å². The van der Waals surface area contributed by atoms with Crippen LogP contribution in [-0.4, -0.2) is 11.7 Å². The molecule has 3 N–H and O–H groups in total. The summed E-state index contributed by atoms with van der Waals surface area (Å²) in [6.07, 6.45) is 3.64. The van der Waals surface area contributed by atoms with Crippen LogP contribution in [0.3, 0.4) is 0 Å². The highest BCUT2D eigenvalue weighted by molar-refractivity contribution is 5.26. The maximum atomic E-state index is 5.43. The summed E-state index contributed by atoms with van der Waals surface area (Å²) >= 11 is 0. The molecular weight excluding hydrogens is 154 g/mol. The number of nitrogen functional groups attached to an aromatic ring is 1. The fourth-order valence-corrected chi connectivity index (χ4v) is 1.57. The monoisotopic (exact) mass is 167 g/mol. The fourth-order valence-electron chi connectivity index (χ4n) is 1.57. The molecule has 0 bridgehead atoms. The number of nitrogens with zero attached hydrogens (tertiary/aromatic N) is 1. The highest BCUT2D eigenvalue weighted by Gasteiger charge is 2.17. The van der Waals surface area contributed by atoms with Gasteiger partial charge in [-0.1, -0.05) is 11.6 Å². The number of hydrogen-bond acceptors (Lipinski definition) is 4. The van der Waals surface area contributed by atoms with E-state index in [2.05, 4.69) is 10.5 Å². The van der Waals surface area contributed by atoms with Gasteiger partial charge in [-0.2, -0.15) is 0 Å². The molecule has 2 rings (SSSR count). The minimum absolute atomic E-state index is 0.347. The fraction of sp³-hybridized carbons (Fsp3) is 0.625. The molecule has 1 saturated heterocycles. The largest absolute Gasteiger partial charge is 0.368 e. The van der Waals surface area contributed by atoms with Crippen molar-refractivity contribution in [3.63, 3.8) is 0 Å². The smallest absolute Gasteiger partial charge is 0.222 e. The molecule has 0 amide bonds. The number of aromatic nitrogens is 1. The third-order valence-corrected chi connectivity index (χ3v) is 2.21. The maximum Gasteiger partial charge on any atom is 0.222 e. The Bertz CT molecular complexity index is 253. The van der Waals surface area contributed by atoms with Crippen LogP contribution in [0, 0.1) is 0 Å². The molecule has 66 valence electrons. The first-order valence-corrected chi connectivity index (χ1v) is 4.32. The zero-order chi connectivity index (χ0) is 8.39. The summed E-state index contributed by atoms with van der Waals surface area (Å²) in [6, 6.07) is 2.14. The van der Waals surface area contributed by atoms with E-state index in [1.54, 1.807) is 6.07 Å². The van der Waals surface area contributed by atoms with Crippen molar-refractivity contribution in [2.45, 2.75) is 25.3 Å². The Morgan fingerprint density at radius 2 is 2.50 bits per heavy atom. The average molecular weight is 167 g/mol. The second kappa shape index (κ2) is 3.15. The van der Waals surface area contributed by atoms with Gasteiger partial charge in [-0.05, 0) is 19.4 Å². The Labute approximate surface area is 71.1 Å². The molecular formula is C8H13N3O. The van der Waals surface area contributed by atoms with Crippen LogP contribution in [0.2, 0.25) is 0 Å². The lowest BCUT2D eigenvalue weighted by Gasteiger charge is -2.20. The molecule has 1 aromatic rings. The molecule has 0 radical (unpaired) electrons. The van der Waals surface area contributed by atoms with Crippen molar-refractivity contribution < 1.29 is 4.52 Å². The lowest BCUT2D eigenvalue weighted by Crippen LogP contribution is -2.26. The average Bonchev–Trinajstić information content (AvgIpc) is 2.54. The minimum Gasteiger partial charge on any atom is -0.368 e. The van der Waals surface area contributed by atoms with Gasteiger partial charge in [0.15, 0.2) is 0 Å². The lowest BCUT2D eigenvalue weighted by atomic mass is 10.0. The molecule has 1 fully saturated rings. The Kier molecular flexibility index (Phi) is 1.99. The number of nitrogens with two attached hydrogens (primary N) is 1. The number of piperidine rings is 1.